The molecule has 1 fully saturated rings. The standard InChI is InChI=1S/C12H17N5O2/c1-17(6-11(18)16-7-2-3-7)9-5-15-10(13)4-8(9)12(14)19/h4-5,7H,2-3,6H2,1H3,(H2,13,15)(H2,14,19)(H,16,18). The van der Waals surface area contributed by atoms with Gasteiger partial charge in [0.25, 0.3) is 5.91 Å². The number of nitrogen functional groups attached to an aromatic ring is 1. The van der Waals surface area contributed by atoms with Gasteiger partial charge in [0.05, 0.1) is 24.0 Å². The summed E-state index contributed by atoms with van der Waals surface area (Å²) in [4.78, 5) is 28.6. The van der Waals surface area contributed by atoms with Gasteiger partial charge in [-0.25, -0.2) is 4.98 Å². The third-order valence-corrected chi connectivity index (χ3v) is 2.90. The molecule has 0 saturated heterocycles. The largest absolute Gasteiger partial charge is 0.384 e. The van der Waals surface area contributed by atoms with Crippen LogP contribution in [0, 0.1) is 0 Å². The van der Waals surface area contributed by atoms with Crippen LogP contribution in [0.25, 0.3) is 0 Å². The van der Waals surface area contributed by atoms with Gasteiger partial charge in [0.2, 0.25) is 5.91 Å². The summed E-state index contributed by atoms with van der Waals surface area (Å²) in [5.41, 5.74) is 11.6. The molecule has 7 heteroatoms. The Labute approximate surface area is 111 Å². The second kappa shape index (κ2) is 5.13. The Morgan fingerprint density at radius 1 is 1.53 bits per heavy atom. The minimum absolute atomic E-state index is 0.0859. The monoisotopic (exact) mass is 263 g/mol. The Morgan fingerprint density at radius 2 is 2.21 bits per heavy atom. The zero-order valence-corrected chi connectivity index (χ0v) is 10.7. The Bertz CT molecular complexity index is 513. The van der Waals surface area contributed by atoms with Gasteiger partial charge in [0, 0.05) is 13.1 Å². The molecule has 19 heavy (non-hydrogen) atoms. The Kier molecular flexibility index (Phi) is 3.55. The van der Waals surface area contributed by atoms with Crippen LogP contribution in [0.4, 0.5) is 11.5 Å². The molecule has 0 bridgehead atoms. The van der Waals surface area contributed by atoms with Crippen LogP contribution in [0.1, 0.15) is 23.2 Å². The summed E-state index contributed by atoms with van der Waals surface area (Å²) < 4.78 is 0. The summed E-state index contributed by atoms with van der Waals surface area (Å²) in [5, 5.41) is 2.87. The lowest BCUT2D eigenvalue weighted by molar-refractivity contribution is -0.119. The van der Waals surface area contributed by atoms with Crippen molar-refractivity contribution in [2.24, 2.45) is 5.73 Å². The third-order valence-electron chi connectivity index (χ3n) is 2.90. The average molecular weight is 263 g/mol. The van der Waals surface area contributed by atoms with Gasteiger partial charge >= 0.3 is 0 Å². The number of aromatic nitrogens is 1. The molecule has 2 amide bonds. The molecule has 0 aliphatic heterocycles. The van der Waals surface area contributed by atoms with Gasteiger partial charge in [-0.3, -0.25) is 9.59 Å². The average Bonchev–Trinajstić information content (AvgIpc) is 3.12. The first-order valence-corrected chi connectivity index (χ1v) is 6.03. The van der Waals surface area contributed by atoms with Crippen molar-refractivity contribution in [3.05, 3.63) is 17.8 Å². The molecule has 1 aromatic rings. The first kappa shape index (κ1) is 13.1. The Balaban J connectivity index is 2.10. The maximum absolute atomic E-state index is 11.7. The highest BCUT2D eigenvalue weighted by atomic mass is 16.2. The van der Waals surface area contributed by atoms with E-state index in [9.17, 15) is 9.59 Å². The third kappa shape index (κ3) is 3.34. The molecule has 0 aromatic carbocycles. The second-order valence-corrected chi connectivity index (χ2v) is 4.69. The van der Waals surface area contributed by atoms with Crippen LogP contribution in [-0.2, 0) is 4.79 Å². The number of hydrogen-bond donors (Lipinski definition) is 3. The van der Waals surface area contributed by atoms with E-state index in [0.717, 1.165) is 12.8 Å². The molecule has 0 unspecified atom stereocenters. The first-order valence-electron chi connectivity index (χ1n) is 6.03. The minimum Gasteiger partial charge on any atom is -0.384 e. The SMILES string of the molecule is CN(CC(=O)NC1CC1)c1cnc(N)cc1C(N)=O. The molecule has 7 nitrogen and oxygen atoms in total. The van der Waals surface area contributed by atoms with Gasteiger partial charge in [0.15, 0.2) is 0 Å². The number of nitrogens with two attached hydrogens (primary N) is 2. The van der Waals surface area contributed by atoms with Crippen LogP contribution in [0.15, 0.2) is 12.3 Å². The van der Waals surface area contributed by atoms with Gasteiger partial charge in [-0.05, 0) is 18.9 Å². The predicted octanol–water partition coefficient (Wildman–Crippen LogP) is -0.522. The molecule has 1 aromatic heterocycles. The maximum Gasteiger partial charge on any atom is 0.251 e. The lowest BCUT2D eigenvalue weighted by Gasteiger charge is -2.20. The van der Waals surface area contributed by atoms with Crippen molar-refractivity contribution in [2.45, 2.75) is 18.9 Å². The number of nitrogens with one attached hydrogen (secondary N) is 1. The van der Waals surface area contributed by atoms with E-state index in [0.29, 0.717) is 11.7 Å². The summed E-state index contributed by atoms with van der Waals surface area (Å²) in [6.45, 7) is 0.141. The number of rotatable bonds is 5. The van der Waals surface area contributed by atoms with Gasteiger partial charge in [-0.1, -0.05) is 0 Å². The number of anilines is 2. The van der Waals surface area contributed by atoms with Crippen LogP contribution in [0.5, 0.6) is 0 Å². The smallest absolute Gasteiger partial charge is 0.251 e. The zero-order valence-electron chi connectivity index (χ0n) is 10.7. The molecule has 5 N–H and O–H groups in total. The van der Waals surface area contributed by atoms with E-state index in [1.165, 1.54) is 12.3 Å². The number of likely N-dealkylation sites (N-methyl/N-ethyl adjacent to an activating group) is 1. The minimum atomic E-state index is -0.599. The molecule has 0 radical (unpaired) electrons. The quantitative estimate of drug-likeness (QED) is 0.661. The second-order valence-electron chi connectivity index (χ2n) is 4.69. The first-order chi connectivity index (χ1) is 8.97. The number of carbonyl (C=O) groups is 2. The maximum atomic E-state index is 11.7. The van der Waals surface area contributed by atoms with Crippen LogP contribution in [-0.4, -0.2) is 36.4 Å². The molecular weight excluding hydrogens is 246 g/mol. The molecule has 0 atom stereocenters. The molecule has 0 spiro atoms. The molecule has 1 aliphatic rings. The van der Waals surface area contributed by atoms with Crippen LogP contribution >= 0.6 is 0 Å². The molecule has 102 valence electrons. The summed E-state index contributed by atoms with van der Waals surface area (Å²) >= 11 is 0. The number of carbonyl (C=O) groups excluding carboxylic acids is 2. The summed E-state index contributed by atoms with van der Waals surface area (Å²) in [6.07, 6.45) is 3.51. The normalized spacial score (nSPS) is 13.9. The summed E-state index contributed by atoms with van der Waals surface area (Å²) in [6, 6.07) is 1.72. The van der Waals surface area contributed by atoms with E-state index in [1.54, 1.807) is 11.9 Å². The van der Waals surface area contributed by atoms with Crippen LogP contribution in [0.3, 0.4) is 0 Å². The number of primary amides is 1. The molecule has 2 rings (SSSR count). The van der Waals surface area contributed by atoms with Crippen LogP contribution < -0.4 is 21.7 Å². The van der Waals surface area contributed by atoms with Crippen LogP contribution in [0.2, 0.25) is 0 Å². The predicted molar refractivity (Wildman–Crippen MR) is 71.6 cm³/mol. The number of hydrogen-bond acceptors (Lipinski definition) is 5. The summed E-state index contributed by atoms with van der Waals surface area (Å²) in [7, 11) is 1.70. The number of pyridine rings is 1. The molecule has 1 saturated carbocycles. The Hall–Kier alpha value is -2.31. The Morgan fingerprint density at radius 3 is 2.79 bits per heavy atom. The van der Waals surface area contributed by atoms with E-state index < -0.39 is 5.91 Å². The van der Waals surface area contributed by atoms with Crippen molar-refractivity contribution in [3.8, 4) is 0 Å². The lowest BCUT2D eigenvalue weighted by Crippen LogP contribution is -2.37. The molecule has 1 aliphatic carbocycles. The fourth-order valence-electron chi connectivity index (χ4n) is 1.77. The van der Waals surface area contributed by atoms with E-state index in [4.69, 9.17) is 11.5 Å². The van der Waals surface area contributed by atoms with Crippen molar-refractivity contribution < 1.29 is 9.59 Å². The van der Waals surface area contributed by atoms with Crippen molar-refractivity contribution in [3.63, 3.8) is 0 Å². The zero-order chi connectivity index (χ0) is 14.0. The summed E-state index contributed by atoms with van der Waals surface area (Å²) in [5.74, 6) is -0.468. The van der Waals surface area contributed by atoms with Crippen molar-refractivity contribution >= 4 is 23.3 Å². The fourth-order valence-corrected chi connectivity index (χ4v) is 1.77. The highest BCUT2D eigenvalue weighted by Gasteiger charge is 2.24. The number of nitrogens with zero attached hydrogens (tertiary/aromatic N) is 2. The van der Waals surface area contributed by atoms with Gasteiger partial charge in [0.1, 0.15) is 5.82 Å². The molecule has 1 heterocycles. The lowest BCUT2D eigenvalue weighted by atomic mass is 10.2. The van der Waals surface area contributed by atoms with Crippen molar-refractivity contribution in [1.82, 2.24) is 10.3 Å². The van der Waals surface area contributed by atoms with E-state index in [2.05, 4.69) is 10.3 Å². The fraction of sp³-hybridized carbons (Fsp3) is 0.417. The van der Waals surface area contributed by atoms with Crippen molar-refractivity contribution in [1.29, 1.82) is 0 Å². The van der Waals surface area contributed by atoms with E-state index >= 15 is 0 Å². The highest BCUT2D eigenvalue weighted by molar-refractivity contribution is 5.99. The van der Waals surface area contributed by atoms with Gasteiger partial charge in [-0.2, -0.15) is 0 Å². The highest BCUT2D eigenvalue weighted by Crippen LogP contribution is 2.21. The van der Waals surface area contributed by atoms with E-state index in [-0.39, 0.29) is 23.8 Å². The number of amides is 2. The van der Waals surface area contributed by atoms with E-state index in [1.807, 2.05) is 0 Å². The van der Waals surface area contributed by atoms with Gasteiger partial charge < -0.3 is 21.7 Å². The molecular formula is C12H17N5O2. The topological polar surface area (TPSA) is 114 Å². The van der Waals surface area contributed by atoms with Gasteiger partial charge in [-0.15, -0.1) is 0 Å². The van der Waals surface area contributed by atoms with Crippen molar-refractivity contribution in [2.75, 3.05) is 24.2 Å².